The summed E-state index contributed by atoms with van der Waals surface area (Å²) in [5.41, 5.74) is 1.26. The fraction of sp³-hybridized carbons (Fsp3) is 0.625. The first-order chi connectivity index (χ1) is 10.1. The molecule has 21 heavy (non-hydrogen) atoms. The lowest BCUT2D eigenvalue weighted by atomic mass is 10.0. The maximum absolute atomic E-state index is 11.7. The van der Waals surface area contributed by atoms with Gasteiger partial charge in [0.15, 0.2) is 9.84 Å². The highest BCUT2D eigenvalue weighted by molar-refractivity contribution is 7.91. The van der Waals surface area contributed by atoms with Gasteiger partial charge in [-0.1, -0.05) is 30.3 Å². The Bertz CT molecular complexity index is 569. The monoisotopic (exact) mass is 308 g/mol. The predicted octanol–water partition coefficient (Wildman–Crippen LogP) is 1.60. The van der Waals surface area contributed by atoms with E-state index < -0.39 is 9.84 Å². The maximum Gasteiger partial charge on any atom is 0.151 e. The van der Waals surface area contributed by atoms with Crippen molar-refractivity contribution in [1.29, 1.82) is 0 Å². The summed E-state index contributed by atoms with van der Waals surface area (Å²) in [6.07, 6.45) is 3.29. The molecule has 1 aromatic rings. The summed E-state index contributed by atoms with van der Waals surface area (Å²) >= 11 is 0. The summed E-state index contributed by atoms with van der Waals surface area (Å²) in [7, 11) is -0.770. The minimum atomic E-state index is -2.84. The summed E-state index contributed by atoms with van der Waals surface area (Å²) in [6.45, 7) is 0.891. The van der Waals surface area contributed by atoms with Gasteiger partial charge in [-0.3, -0.25) is 4.90 Å². The van der Waals surface area contributed by atoms with E-state index >= 15 is 0 Å². The van der Waals surface area contributed by atoms with Crippen LogP contribution in [0.3, 0.4) is 0 Å². The molecule has 1 aliphatic heterocycles. The number of nitrogens with one attached hydrogen (secondary N) is 1. The minimum absolute atomic E-state index is 0.140. The Morgan fingerprint density at radius 1 is 1.24 bits per heavy atom. The standard InChI is InChI=1S/C16H24N2O2S/c1-18(15-9-10-21(19,20)12-15)16(11-17-14-7-8-14)13-5-3-2-4-6-13/h2-6,14-17H,7-12H2,1H3. The van der Waals surface area contributed by atoms with Crippen molar-refractivity contribution in [3.05, 3.63) is 35.9 Å². The van der Waals surface area contributed by atoms with Crippen molar-refractivity contribution in [3.8, 4) is 0 Å². The molecule has 2 fully saturated rings. The Labute approximate surface area is 127 Å². The number of likely N-dealkylation sites (N-methyl/N-ethyl adjacent to an activating group) is 1. The molecular formula is C16H24N2O2S. The molecule has 0 aromatic heterocycles. The highest BCUT2D eigenvalue weighted by Gasteiger charge is 2.34. The molecule has 1 aliphatic carbocycles. The molecule has 2 aliphatic rings. The molecule has 4 nitrogen and oxygen atoms in total. The lowest BCUT2D eigenvalue weighted by molar-refractivity contribution is 0.183. The molecule has 1 heterocycles. The molecule has 116 valence electrons. The van der Waals surface area contributed by atoms with E-state index in [-0.39, 0.29) is 12.1 Å². The Morgan fingerprint density at radius 3 is 2.52 bits per heavy atom. The molecule has 1 saturated heterocycles. The maximum atomic E-state index is 11.7. The average molecular weight is 308 g/mol. The van der Waals surface area contributed by atoms with Crippen LogP contribution in [-0.2, 0) is 9.84 Å². The van der Waals surface area contributed by atoms with Crippen LogP contribution in [0.15, 0.2) is 30.3 Å². The summed E-state index contributed by atoms with van der Waals surface area (Å²) in [5, 5.41) is 3.59. The number of nitrogens with zero attached hydrogens (tertiary/aromatic N) is 1. The van der Waals surface area contributed by atoms with Crippen molar-refractivity contribution < 1.29 is 8.42 Å². The summed E-state index contributed by atoms with van der Waals surface area (Å²) in [5.74, 6) is 0.635. The van der Waals surface area contributed by atoms with E-state index in [0.717, 1.165) is 13.0 Å². The topological polar surface area (TPSA) is 49.4 Å². The largest absolute Gasteiger partial charge is 0.312 e. The first kappa shape index (κ1) is 15.0. The van der Waals surface area contributed by atoms with Crippen LogP contribution in [0.1, 0.15) is 30.9 Å². The molecule has 2 unspecified atom stereocenters. The minimum Gasteiger partial charge on any atom is -0.312 e. The van der Waals surface area contributed by atoms with Crippen LogP contribution in [0, 0.1) is 0 Å². The zero-order valence-corrected chi connectivity index (χ0v) is 13.3. The molecule has 2 atom stereocenters. The van der Waals surface area contributed by atoms with E-state index in [2.05, 4.69) is 41.5 Å². The van der Waals surface area contributed by atoms with Crippen molar-refractivity contribution in [2.45, 2.75) is 37.4 Å². The van der Waals surface area contributed by atoms with Gasteiger partial charge in [-0.25, -0.2) is 8.42 Å². The quantitative estimate of drug-likeness (QED) is 0.867. The van der Waals surface area contributed by atoms with Crippen LogP contribution in [-0.4, -0.2) is 50.5 Å². The molecule has 0 bridgehead atoms. The van der Waals surface area contributed by atoms with Crippen molar-refractivity contribution >= 4 is 9.84 Å². The van der Waals surface area contributed by atoms with E-state index in [1.807, 2.05) is 6.07 Å². The normalized spacial score (nSPS) is 26.1. The fourth-order valence-electron chi connectivity index (χ4n) is 3.09. The van der Waals surface area contributed by atoms with Crippen molar-refractivity contribution in [2.75, 3.05) is 25.1 Å². The second-order valence-electron chi connectivity index (χ2n) is 6.33. The first-order valence-corrected chi connectivity index (χ1v) is 9.58. The third-order valence-corrected chi connectivity index (χ3v) is 6.39. The highest BCUT2D eigenvalue weighted by atomic mass is 32.2. The Morgan fingerprint density at radius 2 is 1.95 bits per heavy atom. The van der Waals surface area contributed by atoms with Gasteiger partial charge in [-0.15, -0.1) is 0 Å². The van der Waals surface area contributed by atoms with E-state index in [4.69, 9.17) is 0 Å². The van der Waals surface area contributed by atoms with Crippen LogP contribution in [0.2, 0.25) is 0 Å². The van der Waals surface area contributed by atoms with Gasteiger partial charge in [0.1, 0.15) is 0 Å². The molecule has 0 radical (unpaired) electrons. The lowest BCUT2D eigenvalue weighted by Gasteiger charge is -2.33. The van der Waals surface area contributed by atoms with Crippen LogP contribution >= 0.6 is 0 Å². The number of hydrogen-bond acceptors (Lipinski definition) is 4. The number of sulfone groups is 1. The van der Waals surface area contributed by atoms with Crippen LogP contribution in [0.4, 0.5) is 0 Å². The van der Waals surface area contributed by atoms with Gasteiger partial charge in [-0.05, 0) is 31.9 Å². The molecule has 5 heteroatoms. The van der Waals surface area contributed by atoms with Gasteiger partial charge in [0.25, 0.3) is 0 Å². The Kier molecular flexibility index (Phi) is 4.33. The first-order valence-electron chi connectivity index (χ1n) is 7.76. The smallest absolute Gasteiger partial charge is 0.151 e. The lowest BCUT2D eigenvalue weighted by Crippen LogP contribution is -2.41. The second-order valence-corrected chi connectivity index (χ2v) is 8.56. The Hall–Kier alpha value is -0.910. The van der Waals surface area contributed by atoms with Crippen LogP contribution < -0.4 is 5.32 Å². The van der Waals surface area contributed by atoms with Crippen molar-refractivity contribution in [2.24, 2.45) is 0 Å². The van der Waals surface area contributed by atoms with Crippen molar-refractivity contribution in [1.82, 2.24) is 10.2 Å². The van der Waals surface area contributed by atoms with Gasteiger partial charge in [0, 0.05) is 24.7 Å². The molecule has 0 amide bonds. The van der Waals surface area contributed by atoms with Gasteiger partial charge in [0.2, 0.25) is 0 Å². The SMILES string of the molecule is CN(C1CCS(=O)(=O)C1)C(CNC1CC1)c1ccccc1. The van der Waals surface area contributed by atoms with Gasteiger partial charge < -0.3 is 5.32 Å². The zero-order valence-electron chi connectivity index (χ0n) is 12.5. The molecule has 1 saturated carbocycles. The van der Waals surface area contributed by atoms with E-state index in [9.17, 15) is 8.42 Å². The zero-order chi connectivity index (χ0) is 14.9. The summed E-state index contributed by atoms with van der Waals surface area (Å²) in [6, 6.07) is 11.5. The molecule has 3 rings (SSSR count). The fourth-order valence-corrected chi connectivity index (χ4v) is 4.87. The number of benzene rings is 1. The summed E-state index contributed by atoms with van der Waals surface area (Å²) in [4.78, 5) is 2.26. The van der Waals surface area contributed by atoms with E-state index in [1.54, 1.807) is 0 Å². The second kappa shape index (κ2) is 6.07. The molecule has 1 N–H and O–H groups in total. The Balaban J connectivity index is 1.73. The van der Waals surface area contributed by atoms with E-state index in [0.29, 0.717) is 17.5 Å². The molecule has 1 aromatic carbocycles. The average Bonchev–Trinajstić information content (AvgIpc) is 3.22. The predicted molar refractivity (Wildman–Crippen MR) is 85.0 cm³/mol. The third-order valence-electron chi connectivity index (χ3n) is 4.64. The van der Waals surface area contributed by atoms with Crippen LogP contribution in [0.5, 0.6) is 0 Å². The van der Waals surface area contributed by atoms with Crippen molar-refractivity contribution in [3.63, 3.8) is 0 Å². The van der Waals surface area contributed by atoms with E-state index in [1.165, 1.54) is 18.4 Å². The van der Waals surface area contributed by atoms with Gasteiger partial charge in [0.05, 0.1) is 11.5 Å². The molecule has 0 spiro atoms. The summed E-state index contributed by atoms with van der Waals surface area (Å²) < 4.78 is 23.5. The highest BCUT2D eigenvalue weighted by Crippen LogP contribution is 2.27. The number of hydrogen-bond donors (Lipinski definition) is 1. The number of rotatable bonds is 6. The van der Waals surface area contributed by atoms with Crippen LogP contribution in [0.25, 0.3) is 0 Å². The van der Waals surface area contributed by atoms with Gasteiger partial charge >= 0.3 is 0 Å². The third kappa shape index (κ3) is 3.84. The molecular weight excluding hydrogens is 284 g/mol. The van der Waals surface area contributed by atoms with Gasteiger partial charge in [-0.2, -0.15) is 0 Å².